The first-order chi connectivity index (χ1) is 8.60. The molecule has 0 bridgehead atoms. The predicted octanol–water partition coefficient (Wildman–Crippen LogP) is 4.09. The zero-order valence-electron chi connectivity index (χ0n) is 9.64. The van der Waals surface area contributed by atoms with Crippen molar-refractivity contribution in [3.05, 3.63) is 53.3 Å². The molecule has 0 fully saturated rings. The van der Waals surface area contributed by atoms with E-state index in [1.165, 1.54) is 12.1 Å². The van der Waals surface area contributed by atoms with E-state index in [0.29, 0.717) is 11.5 Å². The van der Waals surface area contributed by atoms with Gasteiger partial charge in [0.05, 0.1) is 5.56 Å². The molecule has 0 saturated heterocycles. The summed E-state index contributed by atoms with van der Waals surface area (Å²) < 4.78 is 18.5. The average molecular weight is 259 g/mol. The number of ether oxygens (including phenoxy) is 1. The second-order valence-corrected chi connectivity index (χ2v) is 4.28. The molecular formula is C14H10FNOS. The Balaban J connectivity index is 2.34. The molecule has 0 aliphatic rings. The largest absolute Gasteiger partial charge is 0.456 e. The van der Waals surface area contributed by atoms with Crippen LogP contribution >= 0.6 is 12.6 Å². The van der Waals surface area contributed by atoms with Gasteiger partial charge in [0.1, 0.15) is 23.4 Å². The number of hydrogen-bond acceptors (Lipinski definition) is 3. The highest BCUT2D eigenvalue weighted by atomic mass is 32.1. The normalized spacial score (nSPS) is 9.89. The number of thiol groups is 1. The zero-order valence-corrected chi connectivity index (χ0v) is 10.5. The summed E-state index contributed by atoms with van der Waals surface area (Å²) in [7, 11) is 0. The van der Waals surface area contributed by atoms with Crippen molar-refractivity contribution < 1.29 is 9.13 Å². The van der Waals surface area contributed by atoms with Gasteiger partial charge in [0.2, 0.25) is 0 Å². The van der Waals surface area contributed by atoms with Crippen molar-refractivity contribution in [2.75, 3.05) is 0 Å². The fraction of sp³-hybridized carbons (Fsp3) is 0.0714. The topological polar surface area (TPSA) is 33.0 Å². The van der Waals surface area contributed by atoms with Gasteiger partial charge in [-0.3, -0.25) is 0 Å². The maximum absolute atomic E-state index is 13.0. The van der Waals surface area contributed by atoms with Crippen molar-refractivity contribution in [3.8, 4) is 17.6 Å². The van der Waals surface area contributed by atoms with E-state index in [4.69, 9.17) is 10.00 Å². The highest BCUT2D eigenvalue weighted by Gasteiger charge is 2.06. The number of rotatable bonds is 2. The minimum atomic E-state index is -0.460. The average Bonchev–Trinajstić information content (AvgIpc) is 2.36. The summed E-state index contributed by atoms with van der Waals surface area (Å²) in [4.78, 5) is 0.799. The molecule has 2 rings (SSSR count). The van der Waals surface area contributed by atoms with E-state index in [-0.39, 0.29) is 5.56 Å². The van der Waals surface area contributed by atoms with Gasteiger partial charge < -0.3 is 4.74 Å². The summed E-state index contributed by atoms with van der Waals surface area (Å²) in [5.74, 6) is 0.432. The van der Waals surface area contributed by atoms with Crippen LogP contribution in [0.4, 0.5) is 4.39 Å². The van der Waals surface area contributed by atoms with Crippen molar-refractivity contribution in [2.24, 2.45) is 0 Å². The molecule has 2 aromatic rings. The number of aryl methyl sites for hydroxylation is 1. The highest BCUT2D eigenvalue weighted by molar-refractivity contribution is 7.80. The summed E-state index contributed by atoms with van der Waals surface area (Å²) in [5, 5.41) is 8.91. The van der Waals surface area contributed by atoms with Crippen LogP contribution in [-0.4, -0.2) is 0 Å². The summed E-state index contributed by atoms with van der Waals surface area (Å²) >= 11 is 4.29. The first kappa shape index (κ1) is 12.5. The van der Waals surface area contributed by atoms with Gasteiger partial charge in [-0.15, -0.1) is 12.6 Å². The lowest BCUT2D eigenvalue weighted by Crippen LogP contribution is -1.90. The fourth-order valence-electron chi connectivity index (χ4n) is 1.46. The van der Waals surface area contributed by atoms with Crippen LogP contribution in [0.2, 0.25) is 0 Å². The van der Waals surface area contributed by atoms with Gasteiger partial charge in [-0.2, -0.15) is 5.26 Å². The Morgan fingerprint density at radius 3 is 2.67 bits per heavy atom. The van der Waals surface area contributed by atoms with Crippen LogP contribution in [0.5, 0.6) is 11.5 Å². The molecule has 0 amide bonds. The van der Waals surface area contributed by atoms with Gasteiger partial charge in [-0.1, -0.05) is 6.07 Å². The Kier molecular flexibility index (Phi) is 3.54. The Morgan fingerprint density at radius 2 is 2.00 bits per heavy atom. The Labute approximate surface area is 110 Å². The van der Waals surface area contributed by atoms with Crippen molar-refractivity contribution in [2.45, 2.75) is 11.8 Å². The first-order valence-electron chi connectivity index (χ1n) is 5.27. The van der Waals surface area contributed by atoms with Crippen LogP contribution in [0.3, 0.4) is 0 Å². The third-order valence-electron chi connectivity index (χ3n) is 2.47. The van der Waals surface area contributed by atoms with Gasteiger partial charge in [0, 0.05) is 4.90 Å². The summed E-state index contributed by atoms with van der Waals surface area (Å²) in [5.41, 5.74) is 1.20. The number of halogens is 1. The Bertz CT molecular complexity index is 634. The third kappa shape index (κ3) is 2.63. The molecule has 2 nitrogen and oxygen atoms in total. The minimum Gasteiger partial charge on any atom is -0.456 e. The number of nitriles is 1. The van der Waals surface area contributed by atoms with Crippen LogP contribution in [0.1, 0.15) is 11.1 Å². The van der Waals surface area contributed by atoms with E-state index in [2.05, 4.69) is 12.6 Å². The molecule has 0 atom stereocenters. The first-order valence-corrected chi connectivity index (χ1v) is 5.72. The molecule has 0 radical (unpaired) electrons. The molecular weight excluding hydrogens is 249 g/mol. The van der Waals surface area contributed by atoms with E-state index in [1.54, 1.807) is 12.1 Å². The van der Waals surface area contributed by atoms with E-state index in [0.717, 1.165) is 16.5 Å². The van der Waals surface area contributed by atoms with E-state index in [9.17, 15) is 4.39 Å². The Morgan fingerprint density at radius 1 is 1.22 bits per heavy atom. The van der Waals surface area contributed by atoms with Gasteiger partial charge in [0.15, 0.2) is 0 Å². The fourth-order valence-corrected chi connectivity index (χ4v) is 1.66. The molecule has 0 heterocycles. The van der Waals surface area contributed by atoms with Gasteiger partial charge in [-0.25, -0.2) is 4.39 Å². The van der Waals surface area contributed by atoms with E-state index < -0.39 is 5.82 Å². The summed E-state index contributed by atoms with van der Waals surface area (Å²) in [6.45, 7) is 1.94. The predicted molar refractivity (Wildman–Crippen MR) is 69.6 cm³/mol. The van der Waals surface area contributed by atoms with Crippen LogP contribution < -0.4 is 4.74 Å². The lowest BCUT2D eigenvalue weighted by molar-refractivity contribution is 0.477. The van der Waals surface area contributed by atoms with Gasteiger partial charge >= 0.3 is 0 Å². The van der Waals surface area contributed by atoms with Gasteiger partial charge in [0.25, 0.3) is 0 Å². The van der Waals surface area contributed by atoms with E-state index >= 15 is 0 Å². The molecule has 0 N–H and O–H groups in total. The van der Waals surface area contributed by atoms with Crippen LogP contribution in [0, 0.1) is 24.1 Å². The van der Waals surface area contributed by atoms with E-state index in [1.807, 2.05) is 19.1 Å². The monoisotopic (exact) mass is 259 g/mol. The molecule has 0 aliphatic carbocycles. The number of nitrogens with zero attached hydrogens (tertiary/aromatic N) is 1. The second kappa shape index (κ2) is 5.11. The highest BCUT2D eigenvalue weighted by Crippen LogP contribution is 2.28. The summed E-state index contributed by atoms with van der Waals surface area (Å²) in [6, 6.07) is 11.1. The molecule has 0 saturated carbocycles. The molecule has 18 heavy (non-hydrogen) atoms. The van der Waals surface area contributed by atoms with Crippen molar-refractivity contribution in [1.29, 1.82) is 5.26 Å². The minimum absolute atomic E-state index is 0.163. The van der Waals surface area contributed by atoms with Crippen LogP contribution in [0.25, 0.3) is 0 Å². The maximum Gasteiger partial charge on any atom is 0.145 e. The number of hydrogen-bond donors (Lipinski definition) is 1. The SMILES string of the molecule is Cc1ccc(Oc2ccc(F)cc2C#N)cc1S. The van der Waals surface area contributed by atoms with Crippen LogP contribution in [-0.2, 0) is 0 Å². The summed E-state index contributed by atoms with van der Waals surface area (Å²) in [6.07, 6.45) is 0. The van der Waals surface area contributed by atoms with Crippen molar-refractivity contribution in [3.63, 3.8) is 0 Å². The quantitative estimate of drug-likeness (QED) is 0.824. The molecule has 0 spiro atoms. The molecule has 0 aromatic heterocycles. The van der Waals surface area contributed by atoms with Crippen LogP contribution in [0.15, 0.2) is 41.3 Å². The third-order valence-corrected chi connectivity index (χ3v) is 2.95. The lowest BCUT2D eigenvalue weighted by Gasteiger charge is -2.08. The zero-order chi connectivity index (χ0) is 13.1. The standard InChI is InChI=1S/C14H10FNOS/c1-9-2-4-12(7-14(9)18)17-13-5-3-11(15)6-10(13)8-16/h2-7,18H,1H3. The maximum atomic E-state index is 13.0. The molecule has 4 heteroatoms. The smallest absolute Gasteiger partial charge is 0.145 e. The van der Waals surface area contributed by atoms with Crippen molar-refractivity contribution in [1.82, 2.24) is 0 Å². The molecule has 0 unspecified atom stereocenters. The molecule has 0 aliphatic heterocycles. The molecule has 2 aromatic carbocycles. The van der Waals surface area contributed by atoms with Gasteiger partial charge in [-0.05, 0) is 42.8 Å². The lowest BCUT2D eigenvalue weighted by atomic mass is 10.2. The number of benzene rings is 2. The van der Waals surface area contributed by atoms with Crippen molar-refractivity contribution >= 4 is 12.6 Å². The molecule has 90 valence electrons. The second-order valence-electron chi connectivity index (χ2n) is 3.80. The Hall–Kier alpha value is -1.99.